The van der Waals surface area contributed by atoms with Crippen molar-refractivity contribution in [2.45, 2.75) is 43.4 Å². The molecule has 2 aliphatic rings. The fourth-order valence-electron chi connectivity index (χ4n) is 4.20. The van der Waals surface area contributed by atoms with E-state index in [1.165, 1.54) is 0 Å². The fraction of sp³-hybridized carbons (Fsp3) is 0.588. The van der Waals surface area contributed by atoms with Crippen LogP contribution in [0.1, 0.15) is 36.2 Å². The molecule has 0 unspecified atom stereocenters. The lowest BCUT2D eigenvalue weighted by Crippen LogP contribution is -2.53. The molecule has 7 nitrogen and oxygen atoms in total. The highest BCUT2D eigenvalue weighted by molar-refractivity contribution is 5.94. The number of hydrogen-bond acceptors (Lipinski definition) is 5. The van der Waals surface area contributed by atoms with E-state index in [1.54, 1.807) is 43.3 Å². The number of rotatable bonds is 3. The second kappa shape index (κ2) is 5.82. The van der Waals surface area contributed by atoms with Crippen LogP contribution in [0.4, 0.5) is 0 Å². The lowest BCUT2D eigenvalue weighted by Gasteiger charge is -2.43. The summed E-state index contributed by atoms with van der Waals surface area (Å²) >= 11 is 0. The highest BCUT2D eigenvalue weighted by Crippen LogP contribution is 2.43. The highest BCUT2D eigenvalue weighted by atomic mass is 16.5. The number of ether oxygens (including phenoxy) is 2. The largest absolute Gasteiger partial charge is 0.381 e. The van der Waals surface area contributed by atoms with Gasteiger partial charge >= 0.3 is 0 Å². The van der Waals surface area contributed by atoms with Crippen molar-refractivity contribution < 1.29 is 14.3 Å². The van der Waals surface area contributed by atoms with E-state index >= 15 is 0 Å². The molecule has 0 radical (unpaired) electrons. The zero-order valence-electron chi connectivity index (χ0n) is 14.0. The van der Waals surface area contributed by atoms with E-state index in [0.717, 1.165) is 25.7 Å². The quantitative estimate of drug-likeness (QED) is 0.854. The van der Waals surface area contributed by atoms with Gasteiger partial charge in [0.15, 0.2) is 11.3 Å². The van der Waals surface area contributed by atoms with Crippen molar-refractivity contribution in [1.29, 1.82) is 0 Å². The Morgan fingerprint density at radius 2 is 2.25 bits per heavy atom. The lowest BCUT2D eigenvalue weighted by atomic mass is 9.79. The molecule has 7 heteroatoms. The van der Waals surface area contributed by atoms with Gasteiger partial charge in [-0.1, -0.05) is 0 Å². The van der Waals surface area contributed by atoms with Crippen LogP contribution in [0.3, 0.4) is 0 Å². The van der Waals surface area contributed by atoms with Crippen LogP contribution in [0.15, 0.2) is 24.5 Å². The molecular weight excluding hydrogens is 308 g/mol. The van der Waals surface area contributed by atoms with Gasteiger partial charge in [0.2, 0.25) is 0 Å². The molecule has 128 valence electrons. The second-order valence-electron chi connectivity index (χ2n) is 6.62. The van der Waals surface area contributed by atoms with Crippen molar-refractivity contribution in [3.63, 3.8) is 0 Å². The standard InChI is InChI=1S/C17H22N4O3/c1-23-12-4-5-17(24-2)6-9-20(14(17)10-12)16(22)13-11-15-18-7-3-8-21(15)19-13/h3,7-8,11-12,14H,4-6,9-10H2,1-2H3/t12-,14+,17-/m0/s1. The van der Waals surface area contributed by atoms with Gasteiger partial charge in [0, 0.05) is 39.2 Å². The van der Waals surface area contributed by atoms with Crippen LogP contribution in [0.25, 0.3) is 5.65 Å². The summed E-state index contributed by atoms with van der Waals surface area (Å²) in [6.07, 6.45) is 7.23. The first-order valence-electron chi connectivity index (χ1n) is 8.36. The van der Waals surface area contributed by atoms with Gasteiger partial charge < -0.3 is 14.4 Å². The van der Waals surface area contributed by atoms with Crippen LogP contribution in [-0.2, 0) is 9.47 Å². The molecule has 0 spiro atoms. The predicted octanol–water partition coefficient (Wildman–Crippen LogP) is 1.53. The number of amides is 1. The molecule has 1 aliphatic carbocycles. The third kappa shape index (κ3) is 2.31. The molecule has 1 amide bonds. The van der Waals surface area contributed by atoms with E-state index in [1.807, 2.05) is 4.90 Å². The van der Waals surface area contributed by atoms with Gasteiger partial charge in [0.1, 0.15) is 0 Å². The van der Waals surface area contributed by atoms with Crippen LogP contribution < -0.4 is 0 Å². The number of methoxy groups -OCH3 is 2. The molecule has 0 bridgehead atoms. The Morgan fingerprint density at radius 1 is 1.38 bits per heavy atom. The monoisotopic (exact) mass is 330 g/mol. The third-order valence-electron chi connectivity index (χ3n) is 5.59. The van der Waals surface area contributed by atoms with Crippen molar-refractivity contribution >= 4 is 11.6 Å². The van der Waals surface area contributed by atoms with E-state index in [0.29, 0.717) is 17.9 Å². The molecule has 24 heavy (non-hydrogen) atoms. The number of carbonyl (C=O) groups is 1. The van der Waals surface area contributed by atoms with Crippen molar-refractivity contribution in [1.82, 2.24) is 19.5 Å². The number of carbonyl (C=O) groups excluding carboxylic acids is 1. The topological polar surface area (TPSA) is 69.0 Å². The number of fused-ring (bicyclic) bond motifs is 2. The van der Waals surface area contributed by atoms with Gasteiger partial charge in [-0.3, -0.25) is 4.79 Å². The van der Waals surface area contributed by atoms with E-state index in [-0.39, 0.29) is 23.7 Å². The summed E-state index contributed by atoms with van der Waals surface area (Å²) in [5, 5.41) is 4.37. The molecule has 2 aromatic heterocycles. The predicted molar refractivity (Wildman–Crippen MR) is 86.8 cm³/mol. The average Bonchev–Trinajstić information content (AvgIpc) is 3.22. The third-order valence-corrected chi connectivity index (χ3v) is 5.59. The molecule has 0 N–H and O–H groups in total. The van der Waals surface area contributed by atoms with Gasteiger partial charge in [-0.25, -0.2) is 9.50 Å². The lowest BCUT2D eigenvalue weighted by molar-refractivity contribution is -0.0894. The van der Waals surface area contributed by atoms with Crippen LogP contribution >= 0.6 is 0 Å². The van der Waals surface area contributed by atoms with Gasteiger partial charge in [-0.15, -0.1) is 0 Å². The molecule has 0 aromatic carbocycles. The average molecular weight is 330 g/mol. The molecule has 2 fully saturated rings. The molecule has 1 saturated heterocycles. The summed E-state index contributed by atoms with van der Waals surface area (Å²) in [5.74, 6) is -0.0545. The maximum Gasteiger partial charge on any atom is 0.274 e. The Bertz CT molecular complexity index is 728. The van der Waals surface area contributed by atoms with E-state index < -0.39 is 0 Å². The van der Waals surface area contributed by atoms with Crippen molar-refractivity contribution in [2.24, 2.45) is 0 Å². The zero-order chi connectivity index (χ0) is 16.7. The summed E-state index contributed by atoms with van der Waals surface area (Å²) < 4.78 is 13.1. The Morgan fingerprint density at radius 3 is 3.00 bits per heavy atom. The van der Waals surface area contributed by atoms with Gasteiger partial charge in [0.25, 0.3) is 5.91 Å². The van der Waals surface area contributed by atoms with Crippen molar-refractivity contribution in [2.75, 3.05) is 20.8 Å². The number of hydrogen-bond donors (Lipinski definition) is 0. The SMILES string of the molecule is CO[C@H]1CC[C@]2(OC)CCN(C(=O)c3cc4ncccn4n3)[C@@H]2C1. The molecular formula is C17H22N4O3. The molecule has 3 heterocycles. The maximum atomic E-state index is 13.1. The first kappa shape index (κ1) is 15.5. The minimum Gasteiger partial charge on any atom is -0.381 e. The van der Waals surface area contributed by atoms with Gasteiger partial charge in [0.05, 0.1) is 17.7 Å². The molecule has 1 aliphatic heterocycles. The molecule has 3 atom stereocenters. The summed E-state index contributed by atoms with van der Waals surface area (Å²) in [5.41, 5.74) is 0.860. The van der Waals surface area contributed by atoms with E-state index in [4.69, 9.17) is 9.47 Å². The minimum atomic E-state index is -0.248. The Kier molecular flexibility index (Phi) is 3.77. The summed E-state index contributed by atoms with van der Waals surface area (Å²) in [4.78, 5) is 19.2. The minimum absolute atomic E-state index is 0.0338. The molecule has 4 rings (SSSR count). The van der Waals surface area contributed by atoms with Crippen molar-refractivity contribution in [3.8, 4) is 0 Å². The van der Waals surface area contributed by atoms with E-state index in [2.05, 4.69) is 10.1 Å². The molecule has 1 saturated carbocycles. The normalized spacial score (nSPS) is 29.8. The summed E-state index contributed by atoms with van der Waals surface area (Å²) in [6.45, 7) is 0.690. The van der Waals surface area contributed by atoms with Crippen LogP contribution in [-0.4, -0.2) is 63.9 Å². The first-order valence-corrected chi connectivity index (χ1v) is 8.36. The second-order valence-corrected chi connectivity index (χ2v) is 6.62. The van der Waals surface area contributed by atoms with Crippen LogP contribution in [0.5, 0.6) is 0 Å². The van der Waals surface area contributed by atoms with Gasteiger partial charge in [-0.2, -0.15) is 5.10 Å². The number of likely N-dealkylation sites (tertiary alicyclic amines) is 1. The Hall–Kier alpha value is -1.99. The first-order chi connectivity index (χ1) is 11.7. The Balaban J connectivity index is 1.64. The van der Waals surface area contributed by atoms with Crippen LogP contribution in [0.2, 0.25) is 0 Å². The molecule has 2 aromatic rings. The smallest absolute Gasteiger partial charge is 0.274 e. The zero-order valence-corrected chi connectivity index (χ0v) is 14.0. The summed E-state index contributed by atoms with van der Waals surface area (Å²) in [6, 6.07) is 3.57. The van der Waals surface area contributed by atoms with E-state index in [9.17, 15) is 4.79 Å². The number of aromatic nitrogens is 3. The summed E-state index contributed by atoms with van der Waals surface area (Å²) in [7, 11) is 3.49. The maximum absolute atomic E-state index is 13.1. The van der Waals surface area contributed by atoms with Crippen LogP contribution in [0, 0.1) is 0 Å². The Labute approximate surface area is 140 Å². The fourth-order valence-corrected chi connectivity index (χ4v) is 4.20. The van der Waals surface area contributed by atoms with Gasteiger partial charge in [-0.05, 0) is 31.7 Å². The highest BCUT2D eigenvalue weighted by Gasteiger charge is 2.52. The van der Waals surface area contributed by atoms with Crippen molar-refractivity contribution in [3.05, 3.63) is 30.2 Å². The number of nitrogens with zero attached hydrogens (tertiary/aromatic N) is 4.